The normalized spacial score (nSPS) is 19.0. The molecule has 1 saturated carbocycles. The summed E-state index contributed by atoms with van der Waals surface area (Å²) in [6, 6.07) is 0. The van der Waals surface area contributed by atoms with E-state index in [0.717, 1.165) is 19.1 Å². The van der Waals surface area contributed by atoms with Crippen LogP contribution in [0.1, 0.15) is 25.7 Å². The first-order valence-electron chi connectivity index (χ1n) is 3.73. The molecule has 0 saturated heterocycles. The molecule has 0 radical (unpaired) electrons. The Kier molecular flexibility index (Phi) is 2.27. The van der Waals surface area contributed by atoms with E-state index in [2.05, 4.69) is 4.74 Å². The number of ether oxygens (including phenoxy) is 1. The van der Waals surface area contributed by atoms with E-state index in [0.29, 0.717) is 12.8 Å². The van der Waals surface area contributed by atoms with Crippen LogP contribution in [0, 0.1) is 5.41 Å². The highest BCUT2D eigenvalue weighted by atomic mass is 16.5. The van der Waals surface area contributed by atoms with Crippen molar-refractivity contribution in [2.75, 3.05) is 7.11 Å². The summed E-state index contributed by atoms with van der Waals surface area (Å²) >= 11 is 0. The van der Waals surface area contributed by atoms with E-state index in [1.165, 1.54) is 7.11 Å². The van der Waals surface area contributed by atoms with Gasteiger partial charge in [-0.3, -0.25) is 4.79 Å². The van der Waals surface area contributed by atoms with Crippen molar-refractivity contribution in [3.05, 3.63) is 0 Å². The first-order valence-corrected chi connectivity index (χ1v) is 3.73. The first kappa shape index (κ1) is 8.24. The number of aldehydes is 1. The molecule has 0 atom stereocenters. The maximum absolute atomic E-state index is 10.8. The molecule has 3 heteroatoms. The van der Waals surface area contributed by atoms with Crippen LogP contribution in [-0.4, -0.2) is 19.4 Å². The van der Waals surface area contributed by atoms with Crippen molar-refractivity contribution in [3.8, 4) is 0 Å². The maximum Gasteiger partial charge on any atom is 0.306 e. The lowest BCUT2D eigenvalue weighted by Gasteiger charge is -2.07. The fourth-order valence-electron chi connectivity index (χ4n) is 1.18. The highest BCUT2D eigenvalue weighted by Crippen LogP contribution is 2.51. The molecule has 0 bridgehead atoms. The maximum atomic E-state index is 10.8. The number of carbonyl (C=O) groups excluding carboxylic acids is 2. The van der Waals surface area contributed by atoms with E-state index in [-0.39, 0.29) is 11.4 Å². The molecule has 1 aliphatic carbocycles. The molecule has 62 valence electrons. The summed E-state index contributed by atoms with van der Waals surface area (Å²) in [5, 5.41) is 0. The van der Waals surface area contributed by atoms with E-state index in [1.54, 1.807) is 0 Å². The number of methoxy groups -OCH3 is 1. The summed E-state index contributed by atoms with van der Waals surface area (Å²) < 4.78 is 4.52. The predicted octanol–water partition coefficient (Wildman–Crippen LogP) is 0.919. The quantitative estimate of drug-likeness (QED) is 0.449. The van der Waals surface area contributed by atoms with E-state index >= 15 is 0 Å². The molecule has 0 aromatic heterocycles. The number of hydrogen-bond donors (Lipinski definition) is 0. The van der Waals surface area contributed by atoms with Gasteiger partial charge < -0.3 is 9.53 Å². The van der Waals surface area contributed by atoms with Gasteiger partial charge in [0.25, 0.3) is 0 Å². The van der Waals surface area contributed by atoms with Crippen molar-refractivity contribution >= 4 is 12.3 Å². The third-order valence-electron chi connectivity index (χ3n) is 2.22. The Bertz CT molecular complexity index is 170. The highest BCUT2D eigenvalue weighted by Gasteiger charge is 2.44. The molecule has 0 amide bonds. The van der Waals surface area contributed by atoms with Gasteiger partial charge in [-0.15, -0.1) is 0 Å². The zero-order valence-electron chi connectivity index (χ0n) is 6.63. The number of rotatable bonds is 4. The highest BCUT2D eigenvalue weighted by molar-refractivity contribution is 5.71. The fraction of sp³-hybridized carbons (Fsp3) is 0.750. The van der Waals surface area contributed by atoms with E-state index in [9.17, 15) is 9.59 Å². The summed E-state index contributed by atoms with van der Waals surface area (Å²) in [5.41, 5.74) is -0.0190. The second-order valence-corrected chi connectivity index (χ2v) is 3.12. The fourth-order valence-corrected chi connectivity index (χ4v) is 1.18. The molecule has 1 rings (SSSR count). The molecule has 0 heterocycles. The van der Waals surface area contributed by atoms with Crippen LogP contribution in [0.5, 0.6) is 0 Å². The third kappa shape index (κ3) is 2.03. The van der Waals surface area contributed by atoms with Crippen molar-refractivity contribution in [2.45, 2.75) is 25.7 Å². The van der Waals surface area contributed by atoms with Crippen LogP contribution in [0.4, 0.5) is 0 Å². The summed E-state index contributed by atoms with van der Waals surface area (Å²) in [6.07, 6.45) is 3.77. The average Bonchev–Trinajstić information content (AvgIpc) is 2.70. The van der Waals surface area contributed by atoms with Crippen LogP contribution >= 0.6 is 0 Å². The summed E-state index contributed by atoms with van der Waals surface area (Å²) in [4.78, 5) is 21.0. The van der Waals surface area contributed by atoms with Gasteiger partial charge in [0.1, 0.15) is 6.29 Å². The molecule has 0 aliphatic heterocycles. The van der Waals surface area contributed by atoms with Crippen LogP contribution < -0.4 is 0 Å². The molecule has 3 nitrogen and oxygen atoms in total. The van der Waals surface area contributed by atoms with E-state index < -0.39 is 0 Å². The lowest BCUT2D eigenvalue weighted by Crippen LogP contribution is -2.10. The summed E-state index contributed by atoms with van der Waals surface area (Å²) in [5.74, 6) is -0.204. The predicted molar refractivity (Wildman–Crippen MR) is 39.0 cm³/mol. The Hall–Kier alpha value is -0.860. The van der Waals surface area contributed by atoms with Crippen LogP contribution in [0.25, 0.3) is 0 Å². The van der Waals surface area contributed by atoms with Crippen molar-refractivity contribution in [2.24, 2.45) is 5.41 Å². The number of hydrogen-bond acceptors (Lipinski definition) is 3. The Balaban J connectivity index is 2.34. The van der Waals surface area contributed by atoms with Gasteiger partial charge in [-0.25, -0.2) is 0 Å². The van der Waals surface area contributed by atoms with Crippen LogP contribution in [0.2, 0.25) is 0 Å². The first-order chi connectivity index (χ1) is 5.22. The van der Waals surface area contributed by atoms with Gasteiger partial charge in [0, 0.05) is 6.42 Å². The van der Waals surface area contributed by atoms with Crippen molar-refractivity contribution in [1.82, 2.24) is 0 Å². The topological polar surface area (TPSA) is 43.4 Å². The molecule has 0 N–H and O–H groups in total. The van der Waals surface area contributed by atoms with Gasteiger partial charge >= 0.3 is 5.97 Å². The molecular weight excluding hydrogens is 144 g/mol. The molecule has 1 fully saturated rings. The molecule has 0 aromatic carbocycles. The second kappa shape index (κ2) is 3.03. The molecule has 1 aliphatic rings. The average molecular weight is 156 g/mol. The molecule has 0 spiro atoms. The van der Waals surface area contributed by atoms with Crippen LogP contribution in [0.15, 0.2) is 0 Å². The summed E-state index contributed by atoms with van der Waals surface area (Å²) in [6.45, 7) is 0. The van der Waals surface area contributed by atoms with E-state index in [4.69, 9.17) is 0 Å². The Morgan fingerprint density at radius 3 is 2.64 bits per heavy atom. The van der Waals surface area contributed by atoms with Crippen LogP contribution in [-0.2, 0) is 14.3 Å². The molecule has 0 unspecified atom stereocenters. The van der Waals surface area contributed by atoms with Crippen molar-refractivity contribution < 1.29 is 14.3 Å². The van der Waals surface area contributed by atoms with Gasteiger partial charge in [0.05, 0.1) is 13.5 Å². The zero-order chi connectivity index (χ0) is 8.32. The molecule has 11 heavy (non-hydrogen) atoms. The SMILES string of the molecule is COC(=O)CC1(CC=O)CC1. The minimum atomic E-state index is -0.204. The third-order valence-corrected chi connectivity index (χ3v) is 2.22. The lowest BCUT2D eigenvalue weighted by atomic mass is 9.99. The van der Waals surface area contributed by atoms with Crippen molar-refractivity contribution in [1.29, 1.82) is 0 Å². The van der Waals surface area contributed by atoms with Gasteiger partial charge in [0.2, 0.25) is 0 Å². The van der Waals surface area contributed by atoms with Crippen LogP contribution in [0.3, 0.4) is 0 Å². The number of esters is 1. The molecule has 0 aromatic rings. The Morgan fingerprint density at radius 1 is 1.64 bits per heavy atom. The smallest absolute Gasteiger partial charge is 0.306 e. The zero-order valence-corrected chi connectivity index (χ0v) is 6.63. The van der Waals surface area contributed by atoms with Gasteiger partial charge in [-0.2, -0.15) is 0 Å². The Labute approximate surface area is 65.7 Å². The largest absolute Gasteiger partial charge is 0.469 e. The van der Waals surface area contributed by atoms with Gasteiger partial charge in [-0.05, 0) is 18.3 Å². The monoisotopic (exact) mass is 156 g/mol. The van der Waals surface area contributed by atoms with Gasteiger partial charge in [0.15, 0.2) is 0 Å². The number of carbonyl (C=O) groups is 2. The van der Waals surface area contributed by atoms with Gasteiger partial charge in [-0.1, -0.05) is 0 Å². The molecular formula is C8H12O3. The lowest BCUT2D eigenvalue weighted by molar-refractivity contribution is -0.142. The Morgan fingerprint density at radius 2 is 2.27 bits per heavy atom. The minimum Gasteiger partial charge on any atom is -0.469 e. The minimum absolute atomic E-state index is 0.0190. The van der Waals surface area contributed by atoms with E-state index in [1.807, 2.05) is 0 Å². The summed E-state index contributed by atoms with van der Waals surface area (Å²) in [7, 11) is 1.37. The second-order valence-electron chi connectivity index (χ2n) is 3.12. The van der Waals surface area contributed by atoms with Crippen molar-refractivity contribution in [3.63, 3.8) is 0 Å². The standard InChI is InChI=1S/C8H12O3/c1-11-7(10)6-8(2-3-8)4-5-9/h5H,2-4,6H2,1H3.